The molecule has 0 fully saturated rings. The van der Waals surface area contributed by atoms with E-state index in [1.54, 1.807) is 0 Å². The highest BCUT2D eigenvalue weighted by atomic mass is 15.1. The Balaban J connectivity index is 1.64. The number of pyridine rings is 1. The molecule has 34 heavy (non-hydrogen) atoms. The molecule has 0 N–H and O–H groups in total. The highest BCUT2D eigenvalue weighted by Gasteiger charge is 2.20. The van der Waals surface area contributed by atoms with Crippen molar-refractivity contribution in [3.8, 4) is 5.69 Å². The van der Waals surface area contributed by atoms with E-state index in [4.69, 9.17) is 4.98 Å². The Morgan fingerprint density at radius 1 is 0.647 bits per heavy atom. The third kappa shape index (κ3) is 2.73. The highest BCUT2D eigenvalue weighted by Crippen LogP contribution is 2.38. The van der Waals surface area contributed by atoms with Crippen molar-refractivity contribution in [2.24, 2.45) is 0 Å². The largest absolute Gasteiger partial charge is 0.311 e. The molecule has 0 saturated carbocycles. The molecule has 3 nitrogen and oxygen atoms in total. The molecule has 0 unspecified atom stereocenters. The maximum atomic E-state index is 5.37. The lowest BCUT2D eigenvalue weighted by molar-refractivity contribution is 0.927. The highest BCUT2D eigenvalue weighted by molar-refractivity contribution is 6.16. The van der Waals surface area contributed by atoms with Crippen LogP contribution in [0.1, 0.15) is 25.3 Å². The molecule has 1 aliphatic rings. The summed E-state index contributed by atoms with van der Waals surface area (Å²) in [6.45, 7) is 4.34. The summed E-state index contributed by atoms with van der Waals surface area (Å²) in [5.41, 5.74) is 10.8. The van der Waals surface area contributed by atoms with Gasteiger partial charge in [-0.15, -0.1) is 0 Å². The second-order valence-electron chi connectivity index (χ2n) is 9.44. The van der Waals surface area contributed by atoms with Gasteiger partial charge in [0.2, 0.25) is 0 Å². The van der Waals surface area contributed by atoms with Gasteiger partial charge in [0.25, 0.3) is 0 Å². The van der Waals surface area contributed by atoms with Crippen molar-refractivity contribution in [1.29, 1.82) is 0 Å². The van der Waals surface area contributed by atoms with E-state index in [1.807, 2.05) is 0 Å². The summed E-state index contributed by atoms with van der Waals surface area (Å²) in [6.07, 6.45) is 6.68. The summed E-state index contributed by atoms with van der Waals surface area (Å²) in [6, 6.07) is 28.4. The van der Waals surface area contributed by atoms with Crippen LogP contribution in [0.3, 0.4) is 0 Å². The first-order valence-electron chi connectivity index (χ1n) is 12.0. The van der Waals surface area contributed by atoms with Gasteiger partial charge >= 0.3 is 0 Å². The van der Waals surface area contributed by atoms with Crippen molar-refractivity contribution >= 4 is 49.6 Å². The maximum absolute atomic E-state index is 5.37. The summed E-state index contributed by atoms with van der Waals surface area (Å²) in [4.78, 5) is 5.37. The number of benzene rings is 3. The van der Waals surface area contributed by atoms with Crippen LogP contribution in [-0.4, -0.2) is 14.1 Å². The van der Waals surface area contributed by atoms with Gasteiger partial charge in [-0.05, 0) is 63.1 Å². The van der Waals surface area contributed by atoms with E-state index in [0.717, 1.165) is 29.7 Å². The molecule has 3 heterocycles. The zero-order valence-electron chi connectivity index (χ0n) is 19.4. The minimum atomic E-state index is 1.01. The number of aryl methyl sites for hydroxylation is 1. The van der Waals surface area contributed by atoms with Crippen LogP contribution in [0.15, 0.2) is 96.6 Å². The second kappa shape index (κ2) is 7.19. The second-order valence-corrected chi connectivity index (χ2v) is 9.44. The molecule has 3 heteroatoms. The first kappa shape index (κ1) is 19.4. The Kier molecular flexibility index (Phi) is 4.10. The molecule has 1 aliphatic carbocycles. The number of allylic oxidation sites excluding steroid dienone is 4. The molecule has 0 radical (unpaired) electrons. The van der Waals surface area contributed by atoms with Gasteiger partial charge in [-0.1, -0.05) is 65.7 Å². The molecule has 7 rings (SSSR count). The summed E-state index contributed by atoms with van der Waals surface area (Å²) < 4.78 is 4.74. The summed E-state index contributed by atoms with van der Waals surface area (Å²) in [7, 11) is 0. The SMILES string of the molecule is CC1=CC=C(n2c3ccccc3c3nc4c(cc32)c2ccccc2n4-c2ccc(C)cc2)CC1. The topological polar surface area (TPSA) is 22.8 Å². The Morgan fingerprint density at radius 2 is 1.35 bits per heavy atom. The monoisotopic (exact) mass is 439 g/mol. The minimum Gasteiger partial charge on any atom is -0.311 e. The molecule has 0 amide bonds. The average Bonchev–Trinajstić information content (AvgIpc) is 3.36. The Bertz CT molecular complexity index is 1810. The van der Waals surface area contributed by atoms with Crippen molar-refractivity contribution in [2.45, 2.75) is 26.7 Å². The van der Waals surface area contributed by atoms with E-state index in [-0.39, 0.29) is 0 Å². The van der Waals surface area contributed by atoms with Gasteiger partial charge in [-0.2, -0.15) is 0 Å². The van der Waals surface area contributed by atoms with Crippen LogP contribution in [0.25, 0.3) is 55.3 Å². The van der Waals surface area contributed by atoms with Crippen LogP contribution in [0.4, 0.5) is 0 Å². The van der Waals surface area contributed by atoms with E-state index in [9.17, 15) is 0 Å². The van der Waals surface area contributed by atoms with Crippen molar-refractivity contribution in [1.82, 2.24) is 14.1 Å². The smallest absolute Gasteiger partial charge is 0.146 e. The molecule has 3 aromatic carbocycles. The van der Waals surface area contributed by atoms with Gasteiger partial charge in [-0.25, -0.2) is 4.98 Å². The lowest BCUT2D eigenvalue weighted by Crippen LogP contribution is -2.00. The molecule has 0 spiro atoms. The predicted octanol–water partition coefficient (Wildman–Crippen LogP) is 8.18. The number of hydrogen-bond acceptors (Lipinski definition) is 1. The Morgan fingerprint density at radius 3 is 2.09 bits per heavy atom. The first-order valence-corrected chi connectivity index (χ1v) is 12.0. The fraction of sp³-hybridized carbons (Fsp3) is 0.129. The first-order chi connectivity index (χ1) is 16.7. The normalized spacial score (nSPS) is 14.3. The number of rotatable bonds is 2. The van der Waals surface area contributed by atoms with Crippen molar-refractivity contribution < 1.29 is 0 Å². The summed E-state index contributed by atoms with van der Waals surface area (Å²) >= 11 is 0. The van der Waals surface area contributed by atoms with Gasteiger partial charge < -0.3 is 4.57 Å². The van der Waals surface area contributed by atoms with Gasteiger partial charge in [-0.3, -0.25) is 4.57 Å². The Hall–Kier alpha value is -4.11. The van der Waals surface area contributed by atoms with E-state index in [1.165, 1.54) is 49.5 Å². The van der Waals surface area contributed by atoms with E-state index in [2.05, 4.69) is 114 Å². The van der Waals surface area contributed by atoms with Crippen LogP contribution in [0.5, 0.6) is 0 Å². The third-order valence-corrected chi connectivity index (χ3v) is 7.19. The number of hydrogen-bond donors (Lipinski definition) is 0. The predicted molar refractivity (Wildman–Crippen MR) is 144 cm³/mol. The van der Waals surface area contributed by atoms with Crippen LogP contribution in [0.2, 0.25) is 0 Å². The van der Waals surface area contributed by atoms with Crippen LogP contribution >= 0.6 is 0 Å². The fourth-order valence-electron chi connectivity index (χ4n) is 5.42. The average molecular weight is 440 g/mol. The number of fused-ring (bicyclic) bond motifs is 6. The molecule has 3 aromatic heterocycles. The summed E-state index contributed by atoms with van der Waals surface area (Å²) in [5.74, 6) is 0. The molecule has 164 valence electrons. The summed E-state index contributed by atoms with van der Waals surface area (Å²) in [5, 5.41) is 3.63. The van der Waals surface area contributed by atoms with Gasteiger partial charge in [0.05, 0.1) is 22.1 Å². The third-order valence-electron chi connectivity index (χ3n) is 7.19. The lowest BCUT2D eigenvalue weighted by atomic mass is 10.0. The van der Waals surface area contributed by atoms with E-state index >= 15 is 0 Å². The molecular formula is C31H25N3. The fourth-order valence-corrected chi connectivity index (χ4v) is 5.42. The van der Waals surface area contributed by atoms with Crippen LogP contribution in [-0.2, 0) is 0 Å². The molecule has 6 aromatic rings. The lowest BCUT2D eigenvalue weighted by Gasteiger charge is -2.16. The zero-order chi connectivity index (χ0) is 22.8. The van der Waals surface area contributed by atoms with Gasteiger partial charge in [0, 0.05) is 27.5 Å². The molecule has 0 aliphatic heterocycles. The van der Waals surface area contributed by atoms with Crippen molar-refractivity contribution in [2.75, 3.05) is 0 Å². The van der Waals surface area contributed by atoms with E-state index < -0.39 is 0 Å². The standard InChI is InChI=1S/C31H25N3/c1-20-11-15-22(16-12-20)33-28-10-6-4-8-25(28)30-29(33)19-26-24-7-3-5-9-27(24)34(31(26)32-30)23-17-13-21(2)14-18-23/h3-11,13-15,17-19H,12,16H2,1-2H3. The van der Waals surface area contributed by atoms with Gasteiger partial charge in [0.15, 0.2) is 0 Å². The molecule has 0 saturated heterocycles. The van der Waals surface area contributed by atoms with Crippen molar-refractivity contribution in [3.63, 3.8) is 0 Å². The molecule has 0 bridgehead atoms. The van der Waals surface area contributed by atoms with Crippen LogP contribution < -0.4 is 0 Å². The van der Waals surface area contributed by atoms with Crippen molar-refractivity contribution in [3.05, 3.63) is 102 Å². The quantitative estimate of drug-likeness (QED) is 0.267. The minimum absolute atomic E-state index is 1.01. The Labute approximate surface area is 198 Å². The zero-order valence-corrected chi connectivity index (χ0v) is 19.4. The number of aromatic nitrogens is 3. The maximum Gasteiger partial charge on any atom is 0.146 e. The number of nitrogens with zero attached hydrogens (tertiary/aromatic N) is 3. The molecular weight excluding hydrogens is 414 g/mol. The number of para-hydroxylation sites is 2. The van der Waals surface area contributed by atoms with Crippen LogP contribution in [0, 0.1) is 6.92 Å². The molecule has 0 atom stereocenters. The van der Waals surface area contributed by atoms with Gasteiger partial charge in [0.1, 0.15) is 5.65 Å². The van der Waals surface area contributed by atoms with E-state index in [0.29, 0.717) is 0 Å².